The molecule has 7 aliphatic rings. The lowest BCUT2D eigenvalue weighted by Gasteiger charge is -2.64. The van der Waals surface area contributed by atoms with Gasteiger partial charge in [-0.05, 0) is 76.0 Å². The van der Waals surface area contributed by atoms with Gasteiger partial charge in [0.15, 0.2) is 12.2 Å². The highest BCUT2D eigenvalue weighted by Gasteiger charge is 2.87. The van der Waals surface area contributed by atoms with Gasteiger partial charge in [-0.2, -0.15) is 0 Å². The summed E-state index contributed by atoms with van der Waals surface area (Å²) in [5, 5.41) is 51.4. The first-order chi connectivity index (χ1) is 23.8. The highest BCUT2D eigenvalue weighted by atomic mass is 16.7. The van der Waals surface area contributed by atoms with E-state index in [0.29, 0.717) is 38.1 Å². The van der Waals surface area contributed by atoms with E-state index in [4.69, 9.17) is 18.9 Å². The average Bonchev–Trinajstić information content (AvgIpc) is 3.33. The largest absolute Gasteiger partial charge is 0.462 e. The van der Waals surface area contributed by atoms with Crippen LogP contribution in [0.25, 0.3) is 0 Å². The number of fused-ring (bicyclic) bond motifs is 5. The van der Waals surface area contributed by atoms with Crippen molar-refractivity contribution in [1.29, 1.82) is 0 Å². The van der Waals surface area contributed by atoms with Crippen LogP contribution in [-0.4, -0.2) is 109 Å². The molecular formula is C39H61NO11. The lowest BCUT2D eigenvalue weighted by molar-refractivity contribution is -0.300. The molecule has 7 fully saturated rings. The first-order valence-electron chi connectivity index (χ1n) is 19.7. The number of ether oxygens (including phenoxy) is 4. The van der Waals surface area contributed by atoms with Crippen molar-refractivity contribution in [3.63, 3.8) is 0 Å². The van der Waals surface area contributed by atoms with Crippen LogP contribution in [0.5, 0.6) is 0 Å². The van der Waals surface area contributed by atoms with E-state index < -0.39 is 106 Å². The number of nitrogens with zero attached hydrogens (tertiary/aromatic N) is 1. The Morgan fingerprint density at radius 1 is 0.941 bits per heavy atom. The van der Waals surface area contributed by atoms with Gasteiger partial charge in [-0.1, -0.05) is 41.5 Å². The summed E-state index contributed by atoms with van der Waals surface area (Å²) < 4.78 is 25.4. The fourth-order valence-electron chi connectivity index (χ4n) is 12.8. The number of aliphatic hydroxyl groups is 4. The molecule has 4 saturated carbocycles. The molecule has 0 aromatic carbocycles. The minimum atomic E-state index is -1.96. The zero-order chi connectivity index (χ0) is 37.2. The van der Waals surface area contributed by atoms with E-state index in [0.717, 1.165) is 19.4 Å². The molecule has 288 valence electrons. The SMILES string of the molecule is CCC(C)C(=O)OC1CCC2(C)C3CC(OC(C)=O)C4C5(O)C(CC42OC13O)C1CN2CC(C)CCC2C(C)(O)C1C(O)C5OC(=O)C(C)CC. The van der Waals surface area contributed by atoms with Crippen LogP contribution in [0.3, 0.4) is 0 Å². The van der Waals surface area contributed by atoms with Crippen LogP contribution in [-0.2, 0) is 33.3 Å². The molecule has 3 saturated heterocycles. The Morgan fingerprint density at radius 2 is 1.59 bits per heavy atom. The third-order valence-corrected chi connectivity index (χ3v) is 15.6. The molecule has 12 heteroatoms. The molecule has 12 nitrogen and oxygen atoms in total. The maximum Gasteiger partial charge on any atom is 0.309 e. The van der Waals surface area contributed by atoms with Gasteiger partial charge in [-0.3, -0.25) is 19.3 Å². The number of esters is 3. The zero-order valence-electron chi connectivity index (χ0n) is 31.7. The van der Waals surface area contributed by atoms with Crippen molar-refractivity contribution >= 4 is 17.9 Å². The molecule has 0 aromatic rings. The lowest BCUT2D eigenvalue weighted by Crippen LogP contribution is -2.77. The van der Waals surface area contributed by atoms with Crippen LogP contribution in [0.4, 0.5) is 0 Å². The molecule has 4 bridgehead atoms. The van der Waals surface area contributed by atoms with Gasteiger partial charge in [0.2, 0.25) is 5.79 Å². The first-order valence-corrected chi connectivity index (χ1v) is 19.7. The van der Waals surface area contributed by atoms with Crippen LogP contribution in [0.2, 0.25) is 0 Å². The number of carbonyl (C=O) groups excluding carboxylic acids is 3. The fourth-order valence-corrected chi connectivity index (χ4v) is 12.8. The molecule has 0 amide bonds. The molecule has 4 aliphatic carbocycles. The van der Waals surface area contributed by atoms with Gasteiger partial charge < -0.3 is 39.4 Å². The van der Waals surface area contributed by atoms with Gasteiger partial charge in [-0.15, -0.1) is 0 Å². The predicted molar refractivity (Wildman–Crippen MR) is 182 cm³/mol. The Morgan fingerprint density at radius 3 is 2.22 bits per heavy atom. The third kappa shape index (κ3) is 5.01. The number of carbonyl (C=O) groups is 3. The van der Waals surface area contributed by atoms with Gasteiger partial charge in [0, 0.05) is 43.3 Å². The Kier molecular flexibility index (Phi) is 9.07. The summed E-state index contributed by atoms with van der Waals surface area (Å²) in [5.41, 5.74) is -5.41. The van der Waals surface area contributed by atoms with E-state index in [2.05, 4.69) is 11.8 Å². The molecule has 51 heavy (non-hydrogen) atoms. The monoisotopic (exact) mass is 719 g/mol. The normalized spacial score (nSPS) is 52.4. The minimum absolute atomic E-state index is 0.116. The Bertz CT molecular complexity index is 1420. The van der Waals surface area contributed by atoms with E-state index in [9.17, 15) is 34.8 Å². The predicted octanol–water partition coefficient (Wildman–Crippen LogP) is 2.95. The third-order valence-electron chi connectivity index (χ3n) is 15.6. The van der Waals surface area contributed by atoms with Crippen LogP contribution in [0, 0.1) is 52.8 Å². The van der Waals surface area contributed by atoms with E-state index in [-0.39, 0.29) is 24.8 Å². The molecule has 4 N–H and O–H groups in total. The fraction of sp³-hybridized carbons (Fsp3) is 0.923. The summed E-state index contributed by atoms with van der Waals surface area (Å²) in [7, 11) is 0. The molecule has 18 atom stereocenters. The van der Waals surface area contributed by atoms with Crippen LogP contribution in [0.15, 0.2) is 0 Å². The lowest BCUT2D eigenvalue weighted by atomic mass is 9.49. The highest BCUT2D eigenvalue weighted by Crippen LogP contribution is 2.77. The Labute approximate surface area is 301 Å². The van der Waals surface area contributed by atoms with Crippen LogP contribution in [0.1, 0.15) is 107 Å². The van der Waals surface area contributed by atoms with Gasteiger partial charge in [0.25, 0.3) is 0 Å². The van der Waals surface area contributed by atoms with Crippen molar-refractivity contribution in [1.82, 2.24) is 4.90 Å². The smallest absolute Gasteiger partial charge is 0.309 e. The summed E-state index contributed by atoms with van der Waals surface area (Å²) in [6.07, 6.45) is -0.928. The molecule has 18 unspecified atom stereocenters. The maximum absolute atomic E-state index is 13.7. The summed E-state index contributed by atoms with van der Waals surface area (Å²) in [5.74, 6) is -7.46. The minimum Gasteiger partial charge on any atom is -0.462 e. The number of rotatable bonds is 7. The number of piperidine rings is 2. The van der Waals surface area contributed by atoms with Gasteiger partial charge >= 0.3 is 17.9 Å². The van der Waals surface area contributed by atoms with Gasteiger partial charge in [-0.25, -0.2) is 0 Å². The second kappa shape index (κ2) is 12.3. The van der Waals surface area contributed by atoms with Crippen molar-refractivity contribution in [2.75, 3.05) is 13.1 Å². The molecule has 7 rings (SSSR count). The van der Waals surface area contributed by atoms with Crippen molar-refractivity contribution in [3.05, 3.63) is 0 Å². The molecule has 1 spiro atoms. The molecule has 0 radical (unpaired) electrons. The topological polar surface area (TPSA) is 172 Å². The quantitative estimate of drug-likeness (QED) is 0.224. The zero-order valence-corrected chi connectivity index (χ0v) is 31.7. The van der Waals surface area contributed by atoms with E-state index in [1.54, 1.807) is 20.8 Å². The standard InChI is InChI=1S/C39H61NO11/c1-9-20(4)33(43)49-28-13-14-35(7)26-15-25(48-22(6)41)31-37(35,51-39(26,28)47)16-24-23-18-40-17-19(3)11-12-27(40)36(8,45)29(23)30(42)32(38(24,31)46)50-34(44)21(5)10-2/h19-21,23-32,42,45-47H,9-18H2,1-8H3. The summed E-state index contributed by atoms with van der Waals surface area (Å²) >= 11 is 0. The maximum atomic E-state index is 13.7. The Balaban J connectivity index is 1.39. The molecule has 3 aliphatic heterocycles. The molecule has 3 heterocycles. The van der Waals surface area contributed by atoms with E-state index in [1.807, 2.05) is 20.8 Å². The molecule has 0 aromatic heterocycles. The number of hydrogen-bond donors (Lipinski definition) is 4. The van der Waals surface area contributed by atoms with Crippen molar-refractivity contribution in [2.45, 2.75) is 160 Å². The summed E-state index contributed by atoms with van der Waals surface area (Å²) in [6, 6.07) is -0.220. The van der Waals surface area contributed by atoms with E-state index >= 15 is 0 Å². The number of aliphatic hydroxyl groups excluding tert-OH is 1. The highest BCUT2D eigenvalue weighted by molar-refractivity contribution is 5.73. The van der Waals surface area contributed by atoms with Gasteiger partial charge in [0.1, 0.15) is 11.7 Å². The van der Waals surface area contributed by atoms with E-state index in [1.165, 1.54) is 6.92 Å². The van der Waals surface area contributed by atoms with Gasteiger partial charge in [0.05, 0.1) is 35.1 Å². The second-order valence-electron chi connectivity index (χ2n) is 18.3. The average molecular weight is 720 g/mol. The summed E-state index contributed by atoms with van der Waals surface area (Å²) in [6.45, 7) is 15.9. The Hall–Kier alpha value is -1.83. The van der Waals surface area contributed by atoms with Crippen molar-refractivity contribution < 1.29 is 53.8 Å². The number of hydrogen-bond acceptors (Lipinski definition) is 12. The van der Waals surface area contributed by atoms with Crippen molar-refractivity contribution in [2.24, 2.45) is 52.8 Å². The second-order valence-corrected chi connectivity index (χ2v) is 18.3. The van der Waals surface area contributed by atoms with Crippen LogP contribution < -0.4 is 0 Å². The first kappa shape index (κ1) is 37.5. The summed E-state index contributed by atoms with van der Waals surface area (Å²) in [4.78, 5) is 41.9. The van der Waals surface area contributed by atoms with Crippen molar-refractivity contribution in [3.8, 4) is 0 Å². The molecular weight excluding hydrogens is 658 g/mol. The van der Waals surface area contributed by atoms with Crippen LogP contribution >= 0.6 is 0 Å².